The van der Waals surface area contributed by atoms with E-state index < -0.39 is 20.0 Å². The number of aromatic nitrogens is 2. The molecule has 3 aliphatic rings. The number of ether oxygens (including phenoxy) is 2. The van der Waals surface area contributed by atoms with Crippen LogP contribution in [0.1, 0.15) is 77.1 Å². The van der Waals surface area contributed by atoms with Crippen molar-refractivity contribution in [1.82, 2.24) is 24.7 Å². The molecule has 5 aromatic rings. The Morgan fingerprint density at radius 2 is 1.54 bits per heavy atom. The quantitative estimate of drug-likeness (QED) is 0.172. The lowest BCUT2D eigenvalue weighted by Gasteiger charge is -2.47. The summed E-state index contributed by atoms with van der Waals surface area (Å²) in [6, 6.07) is 27.6. The Morgan fingerprint density at radius 3 is 2.19 bits per heavy atom. The molecule has 1 N–H and O–H groups in total. The first-order valence-electron chi connectivity index (χ1n) is 20.9. The van der Waals surface area contributed by atoms with Crippen molar-refractivity contribution in [2.24, 2.45) is 0 Å². The van der Waals surface area contributed by atoms with Crippen molar-refractivity contribution in [2.75, 3.05) is 39.4 Å². The molecular formula is C47H56ClN5O5Si. The molecule has 3 aliphatic heterocycles. The van der Waals surface area contributed by atoms with Crippen LogP contribution in [0.2, 0.25) is 10.1 Å². The lowest BCUT2D eigenvalue weighted by atomic mass is 9.87. The predicted octanol–water partition coefficient (Wildman–Crippen LogP) is 8.71. The largest absolute Gasteiger partial charge is 0.444 e. The molecule has 8 rings (SSSR count). The van der Waals surface area contributed by atoms with Gasteiger partial charge in [-0.05, 0) is 89.8 Å². The van der Waals surface area contributed by atoms with Gasteiger partial charge in [-0.2, -0.15) is 0 Å². The van der Waals surface area contributed by atoms with Crippen LogP contribution in [-0.2, 0) is 26.9 Å². The van der Waals surface area contributed by atoms with Crippen molar-refractivity contribution in [3.8, 4) is 11.1 Å². The van der Waals surface area contributed by atoms with Crippen molar-refractivity contribution in [3.05, 3.63) is 113 Å². The van der Waals surface area contributed by atoms with Crippen molar-refractivity contribution in [1.29, 1.82) is 0 Å². The molecule has 59 heavy (non-hydrogen) atoms. The molecule has 3 amide bonds. The Bertz CT molecular complexity index is 2260. The van der Waals surface area contributed by atoms with Gasteiger partial charge in [-0.1, -0.05) is 99.1 Å². The van der Waals surface area contributed by atoms with Gasteiger partial charge in [0.2, 0.25) is 0 Å². The molecule has 5 heterocycles. The third kappa shape index (κ3) is 8.27. The first-order chi connectivity index (χ1) is 28.2. The van der Waals surface area contributed by atoms with Crippen LogP contribution in [0.3, 0.4) is 0 Å². The maximum atomic E-state index is 14.5. The first-order valence-corrected chi connectivity index (χ1v) is 23.2. The van der Waals surface area contributed by atoms with E-state index in [1.807, 2.05) is 36.8 Å². The molecular weight excluding hydrogens is 778 g/mol. The summed E-state index contributed by atoms with van der Waals surface area (Å²) >= 11 is 6.53. The molecule has 0 bridgehead atoms. The fourth-order valence-electron chi connectivity index (χ4n) is 9.16. The van der Waals surface area contributed by atoms with Gasteiger partial charge in [0.1, 0.15) is 11.2 Å². The third-order valence-corrected chi connectivity index (χ3v) is 17.5. The second kappa shape index (κ2) is 16.4. The van der Waals surface area contributed by atoms with Crippen LogP contribution in [0.5, 0.6) is 0 Å². The molecule has 2 fully saturated rings. The molecule has 10 nitrogen and oxygen atoms in total. The summed E-state index contributed by atoms with van der Waals surface area (Å²) < 4.78 is 19.4. The number of urea groups is 1. The summed E-state index contributed by atoms with van der Waals surface area (Å²) in [7, 11) is -2.72. The van der Waals surface area contributed by atoms with Gasteiger partial charge in [0.15, 0.2) is 0 Å². The lowest BCUT2D eigenvalue weighted by molar-refractivity contribution is -0.0334. The number of carbonyl (C=O) groups is 2. The van der Waals surface area contributed by atoms with Crippen LogP contribution >= 0.6 is 11.6 Å². The van der Waals surface area contributed by atoms with E-state index in [1.54, 1.807) is 11.1 Å². The van der Waals surface area contributed by atoms with Crippen molar-refractivity contribution in [3.63, 3.8) is 0 Å². The maximum Gasteiger partial charge on any atom is 0.410 e. The highest BCUT2D eigenvalue weighted by molar-refractivity contribution is 6.99. The summed E-state index contributed by atoms with van der Waals surface area (Å²) in [6.07, 6.45) is 5.46. The van der Waals surface area contributed by atoms with Crippen LogP contribution < -0.4 is 10.4 Å². The Hall–Kier alpha value is -4.68. The molecule has 3 aromatic carbocycles. The predicted molar refractivity (Wildman–Crippen MR) is 236 cm³/mol. The van der Waals surface area contributed by atoms with Gasteiger partial charge in [-0.15, -0.1) is 0 Å². The van der Waals surface area contributed by atoms with E-state index in [-0.39, 0.29) is 23.3 Å². The summed E-state index contributed by atoms with van der Waals surface area (Å²) in [6.45, 7) is 16.0. The zero-order valence-electron chi connectivity index (χ0n) is 35.1. The van der Waals surface area contributed by atoms with E-state index in [0.29, 0.717) is 57.4 Å². The Morgan fingerprint density at radius 1 is 0.864 bits per heavy atom. The lowest BCUT2D eigenvalue weighted by Crippen LogP contribution is -2.68. The number of fused-ring (bicyclic) bond motifs is 2. The molecule has 310 valence electrons. The first kappa shape index (κ1) is 41.1. The standard InChI is InChI=1S/C47H56ClN5O5Si/c1-46(2,3)57-45(55)53-23-24-56-31-42(53)38-26-33(34-27-39-41(48)29-50-43(39)49-28-34)25-32-17-20-52(30-40(32)38)44(54)51-21-18-35(19-22-51)58-59(47(4,5)6,36-13-9-7-10-14-36)37-15-11-8-12-16-37/h7-16,25-29,35,42H,17-24,30-31H2,1-6H3,(H,49,50)/t42-/m0/s1. The number of aromatic amines is 1. The van der Waals surface area contributed by atoms with Crippen molar-refractivity contribution < 1.29 is 23.5 Å². The number of nitrogens with zero attached hydrogens (tertiary/aromatic N) is 4. The Balaban J connectivity index is 1.06. The van der Waals surface area contributed by atoms with Crippen LogP contribution in [0.4, 0.5) is 9.59 Å². The minimum Gasteiger partial charge on any atom is -0.444 e. The number of benzene rings is 3. The van der Waals surface area contributed by atoms with E-state index in [0.717, 1.165) is 51.7 Å². The highest BCUT2D eigenvalue weighted by Gasteiger charge is 2.52. The average molecular weight is 835 g/mol. The van der Waals surface area contributed by atoms with E-state index in [9.17, 15) is 9.59 Å². The van der Waals surface area contributed by atoms with Crippen LogP contribution in [0, 0.1) is 0 Å². The number of halogens is 1. The summed E-state index contributed by atoms with van der Waals surface area (Å²) in [5.41, 5.74) is 5.12. The molecule has 0 spiro atoms. The second-order valence-electron chi connectivity index (χ2n) is 18.1. The van der Waals surface area contributed by atoms with Gasteiger partial charge in [0.25, 0.3) is 8.32 Å². The number of nitrogens with one attached hydrogen (secondary N) is 1. The highest BCUT2D eigenvalue weighted by Crippen LogP contribution is 2.40. The number of hydrogen-bond acceptors (Lipinski definition) is 6. The zero-order chi connectivity index (χ0) is 41.5. The Kier molecular flexibility index (Phi) is 11.4. The number of hydrogen-bond donors (Lipinski definition) is 1. The number of carbonyl (C=O) groups excluding carboxylic acids is 2. The zero-order valence-corrected chi connectivity index (χ0v) is 36.9. The smallest absolute Gasteiger partial charge is 0.410 e. The van der Waals surface area contributed by atoms with E-state index in [1.165, 1.54) is 10.4 Å². The number of rotatable bonds is 6. The number of H-pyrrole nitrogens is 1. The monoisotopic (exact) mass is 833 g/mol. The Labute approximate surface area is 353 Å². The fourth-order valence-corrected chi connectivity index (χ4v) is 14.1. The van der Waals surface area contributed by atoms with Gasteiger partial charge >= 0.3 is 12.1 Å². The van der Waals surface area contributed by atoms with Gasteiger partial charge in [0, 0.05) is 62.2 Å². The third-order valence-electron chi connectivity index (χ3n) is 12.0. The molecule has 0 saturated carbocycles. The van der Waals surface area contributed by atoms with E-state index >= 15 is 0 Å². The minimum absolute atomic E-state index is 0.0254. The molecule has 0 aliphatic carbocycles. The fraction of sp³-hybridized carbons (Fsp3) is 0.426. The molecule has 2 aromatic heterocycles. The van der Waals surface area contributed by atoms with Crippen LogP contribution in [0.25, 0.3) is 22.2 Å². The summed E-state index contributed by atoms with van der Waals surface area (Å²) in [5.74, 6) is 0. The van der Waals surface area contributed by atoms with Gasteiger partial charge in [-0.25, -0.2) is 14.6 Å². The van der Waals surface area contributed by atoms with E-state index in [4.69, 9.17) is 25.5 Å². The number of morpholine rings is 1. The maximum absolute atomic E-state index is 14.5. The van der Waals surface area contributed by atoms with Crippen molar-refractivity contribution in [2.45, 2.75) is 90.1 Å². The molecule has 1 atom stereocenters. The van der Waals surface area contributed by atoms with Crippen molar-refractivity contribution >= 4 is 53.4 Å². The van der Waals surface area contributed by atoms with Gasteiger partial charge < -0.3 is 28.7 Å². The highest BCUT2D eigenvalue weighted by atomic mass is 35.5. The summed E-state index contributed by atoms with van der Waals surface area (Å²) in [5, 5.41) is 3.86. The van der Waals surface area contributed by atoms with Crippen LogP contribution in [0.15, 0.2) is 91.3 Å². The van der Waals surface area contributed by atoms with Gasteiger partial charge in [-0.3, -0.25) is 4.90 Å². The normalized spacial score (nSPS) is 18.2. The minimum atomic E-state index is -2.72. The molecule has 0 radical (unpaired) electrons. The number of likely N-dealkylation sites (tertiary alicyclic amines) is 1. The number of pyridine rings is 1. The number of amides is 3. The molecule has 2 saturated heterocycles. The number of piperidine rings is 1. The molecule has 0 unspecified atom stereocenters. The van der Waals surface area contributed by atoms with Crippen LogP contribution in [-0.4, -0.2) is 96.2 Å². The van der Waals surface area contributed by atoms with Gasteiger partial charge in [0.05, 0.1) is 24.3 Å². The van der Waals surface area contributed by atoms with E-state index in [2.05, 4.69) is 110 Å². The molecule has 12 heteroatoms. The SMILES string of the molecule is CC(C)(C)OC(=O)N1CCOC[C@H]1c1cc(-c2cnc3[nH]cc(Cl)c3c2)cc2c1CN(C(=O)N1CCC(O[Si](c3ccccc3)(c3ccccc3)C(C)(C)C)CC1)CC2. The summed E-state index contributed by atoms with van der Waals surface area (Å²) in [4.78, 5) is 41.8. The topological polar surface area (TPSA) is 100 Å². The average Bonchev–Trinajstić information content (AvgIpc) is 3.61. The second-order valence-corrected chi connectivity index (χ2v) is 22.8.